The largest absolute Gasteiger partial charge is 0.496 e. The fourth-order valence-corrected chi connectivity index (χ4v) is 2.54. The molecule has 0 radical (unpaired) electrons. The molecule has 2 heterocycles. The fraction of sp³-hybridized carbons (Fsp3) is 0.400. The van der Waals surface area contributed by atoms with Crippen LogP contribution in [0.4, 0.5) is 0 Å². The molecule has 2 aliphatic rings. The van der Waals surface area contributed by atoms with Gasteiger partial charge in [0.2, 0.25) is 0 Å². The fourth-order valence-electron chi connectivity index (χ4n) is 2.54. The Bertz CT molecular complexity index is 532. The average molecular weight is 272 g/mol. The van der Waals surface area contributed by atoms with Crippen LogP contribution in [0.5, 0.6) is 5.75 Å². The van der Waals surface area contributed by atoms with E-state index in [9.17, 15) is 0 Å². The van der Waals surface area contributed by atoms with Gasteiger partial charge < -0.3 is 20.3 Å². The van der Waals surface area contributed by atoms with Gasteiger partial charge in [0.25, 0.3) is 0 Å². The Labute approximate surface area is 119 Å². The third kappa shape index (κ3) is 2.63. The molecule has 5 nitrogen and oxygen atoms in total. The third-order valence-corrected chi connectivity index (χ3v) is 3.64. The third-order valence-electron chi connectivity index (χ3n) is 3.64. The van der Waals surface area contributed by atoms with Crippen LogP contribution < -0.4 is 15.4 Å². The van der Waals surface area contributed by atoms with Crippen LogP contribution in [0.25, 0.3) is 5.57 Å². The summed E-state index contributed by atoms with van der Waals surface area (Å²) in [6.45, 7) is 4.73. The number of piperazine rings is 1. The van der Waals surface area contributed by atoms with Crippen molar-refractivity contribution in [1.29, 1.82) is 0 Å². The van der Waals surface area contributed by atoms with Gasteiger partial charge in [0.05, 0.1) is 13.7 Å². The average Bonchev–Trinajstić information content (AvgIpc) is 2.56. The highest BCUT2D eigenvalue weighted by molar-refractivity contribution is 5.87. The van der Waals surface area contributed by atoms with Crippen LogP contribution in [0.15, 0.2) is 35.5 Å². The molecule has 0 unspecified atom stereocenters. The number of methoxy groups -OCH3 is 1. The van der Waals surface area contributed by atoms with Gasteiger partial charge in [-0.2, -0.15) is 0 Å². The minimum Gasteiger partial charge on any atom is -0.496 e. The maximum atomic E-state index is 5.41. The molecule has 0 spiro atoms. The number of hydrogen-bond acceptors (Lipinski definition) is 5. The number of guanidine groups is 1. The van der Waals surface area contributed by atoms with Crippen molar-refractivity contribution in [3.05, 3.63) is 36.0 Å². The van der Waals surface area contributed by atoms with E-state index in [0.717, 1.165) is 49.0 Å². The van der Waals surface area contributed by atoms with Crippen LogP contribution in [0.3, 0.4) is 0 Å². The van der Waals surface area contributed by atoms with Crippen molar-refractivity contribution in [1.82, 2.24) is 15.5 Å². The van der Waals surface area contributed by atoms with Gasteiger partial charge >= 0.3 is 0 Å². The Morgan fingerprint density at radius 1 is 1.20 bits per heavy atom. The molecule has 0 saturated carbocycles. The minimum atomic E-state index is 0.687. The van der Waals surface area contributed by atoms with Gasteiger partial charge in [-0.3, -0.25) is 0 Å². The molecule has 0 aromatic heterocycles. The van der Waals surface area contributed by atoms with Crippen molar-refractivity contribution in [3.63, 3.8) is 0 Å². The lowest BCUT2D eigenvalue weighted by Gasteiger charge is -2.31. The van der Waals surface area contributed by atoms with E-state index in [1.165, 1.54) is 0 Å². The van der Waals surface area contributed by atoms with E-state index in [4.69, 9.17) is 4.74 Å². The van der Waals surface area contributed by atoms with E-state index < -0.39 is 0 Å². The van der Waals surface area contributed by atoms with Crippen LogP contribution in [-0.2, 0) is 0 Å². The first-order valence-electron chi connectivity index (χ1n) is 6.97. The number of nitrogens with zero attached hydrogens (tertiary/aromatic N) is 2. The number of para-hydroxylation sites is 1. The van der Waals surface area contributed by atoms with Gasteiger partial charge in [-0.25, -0.2) is 4.99 Å². The Balaban J connectivity index is 1.72. The summed E-state index contributed by atoms with van der Waals surface area (Å²) < 4.78 is 5.41. The van der Waals surface area contributed by atoms with Crippen molar-refractivity contribution in [3.8, 4) is 5.75 Å². The monoisotopic (exact) mass is 272 g/mol. The first-order chi connectivity index (χ1) is 9.88. The Hall–Kier alpha value is -2.01. The highest BCUT2D eigenvalue weighted by Crippen LogP contribution is 2.26. The molecule has 20 heavy (non-hydrogen) atoms. The summed E-state index contributed by atoms with van der Waals surface area (Å²) in [5.41, 5.74) is 2.26. The second-order valence-corrected chi connectivity index (χ2v) is 4.89. The molecule has 0 amide bonds. The standard InChI is InChI=1S/C15H20N4O/c1-20-14-5-3-2-4-13(14)12-10-17-15(18-11-12)19-8-6-16-7-9-19/h2-5,10,16H,6-9,11H2,1H3,(H,17,18). The predicted molar refractivity (Wildman–Crippen MR) is 80.9 cm³/mol. The summed E-state index contributed by atoms with van der Waals surface area (Å²) >= 11 is 0. The topological polar surface area (TPSA) is 48.9 Å². The zero-order valence-electron chi connectivity index (χ0n) is 11.7. The van der Waals surface area contributed by atoms with Crippen LogP contribution in [0.1, 0.15) is 5.56 Å². The van der Waals surface area contributed by atoms with Crippen molar-refractivity contribution < 1.29 is 4.74 Å². The highest BCUT2D eigenvalue weighted by atomic mass is 16.5. The summed E-state index contributed by atoms with van der Waals surface area (Å²) in [6.07, 6.45) is 2.04. The van der Waals surface area contributed by atoms with E-state index in [2.05, 4.69) is 26.6 Å². The smallest absolute Gasteiger partial charge is 0.198 e. The predicted octanol–water partition coefficient (Wildman–Crippen LogP) is 0.900. The molecule has 0 atom stereocenters. The van der Waals surface area contributed by atoms with Crippen molar-refractivity contribution >= 4 is 11.5 Å². The van der Waals surface area contributed by atoms with E-state index in [1.807, 2.05) is 24.4 Å². The van der Waals surface area contributed by atoms with Gasteiger partial charge in [-0.15, -0.1) is 0 Å². The van der Waals surface area contributed by atoms with Crippen molar-refractivity contribution in [2.24, 2.45) is 4.99 Å². The molecular formula is C15H20N4O. The summed E-state index contributed by atoms with van der Waals surface area (Å²) in [7, 11) is 1.70. The van der Waals surface area contributed by atoms with E-state index in [1.54, 1.807) is 7.11 Å². The van der Waals surface area contributed by atoms with Gasteiger partial charge in [-0.1, -0.05) is 18.2 Å². The summed E-state index contributed by atoms with van der Waals surface area (Å²) in [5, 5.41) is 6.67. The van der Waals surface area contributed by atoms with Gasteiger partial charge in [0, 0.05) is 43.5 Å². The second-order valence-electron chi connectivity index (χ2n) is 4.89. The number of nitrogens with one attached hydrogen (secondary N) is 2. The van der Waals surface area contributed by atoms with Crippen molar-refractivity contribution in [2.75, 3.05) is 39.8 Å². The number of aliphatic imine (C=N–C) groups is 1. The maximum Gasteiger partial charge on any atom is 0.198 e. The second kappa shape index (κ2) is 5.96. The molecule has 3 rings (SSSR count). The van der Waals surface area contributed by atoms with Crippen molar-refractivity contribution in [2.45, 2.75) is 0 Å². The minimum absolute atomic E-state index is 0.687. The van der Waals surface area contributed by atoms with Crippen LogP contribution >= 0.6 is 0 Å². The summed E-state index contributed by atoms with van der Waals surface area (Å²) in [5.74, 6) is 1.87. The van der Waals surface area contributed by atoms with Gasteiger partial charge in [0.1, 0.15) is 5.75 Å². The van der Waals surface area contributed by atoms with E-state index in [-0.39, 0.29) is 0 Å². The zero-order chi connectivity index (χ0) is 13.8. The molecule has 2 N–H and O–H groups in total. The molecule has 1 fully saturated rings. The Kier molecular flexibility index (Phi) is 3.87. The molecule has 1 aromatic carbocycles. The molecule has 1 saturated heterocycles. The number of ether oxygens (including phenoxy) is 1. The molecule has 5 heteroatoms. The Morgan fingerprint density at radius 3 is 2.70 bits per heavy atom. The number of benzene rings is 1. The van der Waals surface area contributed by atoms with E-state index >= 15 is 0 Å². The molecule has 1 aromatic rings. The quantitative estimate of drug-likeness (QED) is 0.840. The Morgan fingerprint density at radius 2 is 2.00 bits per heavy atom. The van der Waals surface area contributed by atoms with Gasteiger partial charge in [0.15, 0.2) is 5.96 Å². The van der Waals surface area contributed by atoms with Crippen LogP contribution in [0.2, 0.25) is 0 Å². The lowest BCUT2D eigenvalue weighted by molar-refractivity contribution is 0.349. The first kappa shape index (κ1) is 13.0. The number of hydrogen-bond donors (Lipinski definition) is 2. The molecular weight excluding hydrogens is 252 g/mol. The van der Waals surface area contributed by atoms with E-state index in [0.29, 0.717) is 6.54 Å². The maximum absolute atomic E-state index is 5.41. The highest BCUT2D eigenvalue weighted by Gasteiger charge is 2.17. The molecule has 0 bridgehead atoms. The van der Waals surface area contributed by atoms with Gasteiger partial charge in [-0.05, 0) is 6.07 Å². The van der Waals surface area contributed by atoms with Crippen LogP contribution in [-0.4, -0.2) is 50.7 Å². The lowest BCUT2D eigenvalue weighted by Crippen LogP contribution is -2.50. The van der Waals surface area contributed by atoms with Crippen LogP contribution in [0, 0.1) is 0 Å². The molecule has 106 valence electrons. The summed E-state index contributed by atoms with van der Waals surface area (Å²) in [6, 6.07) is 8.05. The SMILES string of the molecule is COc1ccccc1C1=CNC(N2CCNCC2)=NC1. The normalized spacial score (nSPS) is 18.9. The summed E-state index contributed by atoms with van der Waals surface area (Å²) in [4.78, 5) is 6.95. The molecule has 0 aliphatic carbocycles. The molecule has 2 aliphatic heterocycles. The number of rotatable bonds is 2. The zero-order valence-corrected chi connectivity index (χ0v) is 11.7. The lowest BCUT2D eigenvalue weighted by atomic mass is 10.1. The first-order valence-corrected chi connectivity index (χ1v) is 6.97.